The van der Waals surface area contributed by atoms with Crippen LogP contribution >= 0.6 is 0 Å². The number of nitrogens with one attached hydrogen (secondary N) is 1. The minimum Gasteiger partial charge on any atom is -0.314 e. The molecule has 0 bridgehead atoms. The highest BCUT2D eigenvalue weighted by Crippen LogP contribution is 2.30. The van der Waals surface area contributed by atoms with E-state index in [2.05, 4.69) is 86.4 Å². The van der Waals surface area contributed by atoms with Gasteiger partial charge in [0, 0.05) is 24.7 Å². The number of aromatic amines is 1. The number of H-pyrrole nitrogens is 1. The number of unbranched alkanes of at least 4 members (excludes halogenated alkanes) is 1. The Morgan fingerprint density at radius 3 is 2.53 bits per heavy atom. The third-order valence-electron chi connectivity index (χ3n) is 5.88. The van der Waals surface area contributed by atoms with Gasteiger partial charge in [0.2, 0.25) is 11.6 Å². The first-order valence-corrected chi connectivity index (χ1v) is 12.0. The summed E-state index contributed by atoms with van der Waals surface area (Å²) in [6.45, 7) is 9.03. The van der Waals surface area contributed by atoms with Crippen molar-refractivity contribution in [2.45, 2.75) is 72.3 Å². The number of nitrogens with zero attached hydrogens (tertiary/aromatic N) is 7. The molecule has 0 atom stereocenters. The predicted molar refractivity (Wildman–Crippen MR) is 130 cm³/mol. The molecule has 178 valence electrons. The molecule has 0 fully saturated rings. The molecule has 1 N–H and O–H groups in total. The van der Waals surface area contributed by atoms with Gasteiger partial charge in [0.05, 0.1) is 12.2 Å². The van der Waals surface area contributed by atoms with Gasteiger partial charge in [0.25, 0.3) is 0 Å². The lowest BCUT2D eigenvalue weighted by atomic mass is 10.0. The van der Waals surface area contributed by atoms with Crippen LogP contribution in [0.1, 0.15) is 86.9 Å². The zero-order valence-electron chi connectivity index (χ0n) is 20.3. The summed E-state index contributed by atoms with van der Waals surface area (Å²) in [6.07, 6.45) is 6.22. The lowest BCUT2D eigenvalue weighted by Crippen LogP contribution is -2.08. The van der Waals surface area contributed by atoms with Crippen LogP contribution in [-0.4, -0.2) is 45.7 Å². The van der Waals surface area contributed by atoms with Crippen LogP contribution in [0.15, 0.2) is 36.5 Å². The lowest BCUT2D eigenvalue weighted by molar-refractivity contribution is 0.0971. The van der Waals surface area contributed by atoms with Crippen molar-refractivity contribution in [3.8, 4) is 17.2 Å². The number of benzene rings is 1. The number of tetrazole rings is 1. The number of ketones is 1. The van der Waals surface area contributed by atoms with E-state index in [1.165, 1.54) is 5.56 Å². The number of hydrogen-bond acceptors (Lipinski definition) is 6. The van der Waals surface area contributed by atoms with E-state index in [1.54, 1.807) is 0 Å². The van der Waals surface area contributed by atoms with Gasteiger partial charge in [-0.1, -0.05) is 46.2 Å². The number of Topliss-reactive ketones (excluding diaryl/α,β-unsaturated/α-hetero) is 1. The lowest BCUT2D eigenvalue weighted by Gasteiger charge is -2.12. The van der Waals surface area contributed by atoms with Crippen molar-refractivity contribution in [2.75, 3.05) is 0 Å². The molecule has 0 radical (unpaired) electrons. The summed E-state index contributed by atoms with van der Waals surface area (Å²) < 4.78 is 3.98. The second-order valence-corrected chi connectivity index (χ2v) is 8.85. The van der Waals surface area contributed by atoms with Gasteiger partial charge in [0.15, 0.2) is 5.82 Å². The SMILES string of the molecule is CCCCc1nc(C(=O)CCC)nn1Cc1ccc(-n2ccc(C(C)C)c2-c2nnn[nH]2)cc1. The van der Waals surface area contributed by atoms with E-state index in [9.17, 15) is 4.79 Å². The standard InChI is InChI=1S/C25H32N8O/c1-5-7-9-22-26-24(21(34)8-6-2)29-33(22)16-18-10-12-19(13-11-18)32-15-14-20(17(3)4)23(32)25-27-30-31-28-25/h10-15,17H,5-9,16H2,1-4H3,(H,27,28,30,31). The van der Waals surface area contributed by atoms with E-state index in [0.717, 1.165) is 48.5 Å². The summed E-state index contributed by atoms with van der Waals surface area (Å²) in [5, 5.41) is 19.1. The molecule has 0 amide bonds. The molecule has 34 heavy (non-hydrogen) atoms. The molecule has 9 heteroatoms. The number of hydrogen-bond donors (Lipinski definition) is 1. The van der Waals surface area contributed by atoms with Gasteiger partial charge in [0.1, 0.15) is 5.82 Å². The first-order chi connectivity index (χ1) is 16.5. The minimum atomic E-state index is 0.0114. The Labute approximate surface area is 199 Å². The Bertz CT molecular complexity index is 1220. The van der Waals surface area contributed by atoms with E-state index >= 15 is 0 Å². The second-order valence-electron chi connectivity index (χ2n) is 8.85. The molecule has 0 aliphatic carbocycles. The van der Waals surface area contributed by atoms with Crippen LogP contribution < -0.4 is 0 Å². The van der Waals surface area contributed by atoms with E-state index in [0.29, 0.717) is 30.5 Å². The Kier molecular flexibility index (Phi) is 7.30. The Morgan fingerprint density at radius 1 is 1.09 bits per heavy atom. The van der Waals surface area contributed by atoms with E-state index in [1.807, 2.05) is 17.8 Å². The number of rotatable bonds is 11. The Balaban J connectivity index is 1.61. The Hall–Kier alpha value is -3.62. The number of aryl methyl sites for hydroxylation is 1. The van der Waals surface area contributed by atoms with Crippen LogP contribution in [0.5, 0.6) is 0 Å². The molecule has 0 aliphatic rings. The van der Waals surface area contributed by atoms with Crippen molar-refractivity contribution in [3.05, 3.63) is 59.3 Å². The predicted octanol–water partition coefficient (Wildman–Crippen LogP) is 4.75. The van der Waals surface area contributed by atoms with E-state index < -0.39 is 0 Å². The molecular weight excluding hydrogens is 428 g/mol. The topological polar surface area (TPSA) is 107 Å². The van der Waals surface area contributed by atoms with Crippen molar-refractivity contribution in [2.24, 2.45) is 0 Å². The fraction of sp³-hybridized carbons (Fsp3) is 0.440. The summed E-state index contributed by atoms with van der Waals surface area (Å²) >= 11 is 0. The zero-order valence-corrected chi connectivity index (χ0v) is 20.3. The van der Waals surface area contributed by atoms with Gasteiger partial charge in [-0.3, -0.25) is 4.79 Å². The molecule has 3 heterocycles. The molecule has 0 unspecified atom stereocenters. The molecule has 9 nitrogen and oxygen atoms in total. The average Bonchev–Trinajstić information content (AvgIpc) is 3.58. The summed E-state index contributed by atoms with van der Waals surface area (Å²) in [6, 6.07) is 10.5. The van der Waals surface area contributed by atoms with E-state index in [-0.39, 0.29) is 5.78 Å². The van der Waals surface area contributed by atoms with Crippen molar-refractivity contribution in [1.29, 1.82) is 0 Å². The van der Waals surface area contributed by atoms with Gasteiger partial charge in [-0.25, -0.2) is 14.8 Å². The molecular formula is C25H32N8O. The molecule has 1 aromatic carbocycles. The maximum absolute atomic E-state index is 12.4. The van der Waals surface area contributed by atoms with Crippen LogP contribution in [-0.2, 0) is 13.0 Å². The maximum atomic E-state index is 12.4. The van der Waals surface area contributed by atoms with Gasteiger partial charge >= 0.3 is 0 Å². The van der Waals surface area contributed by atoms with Crippen LogP contribution in [0, 0.1) is 0 Å². The van der Waals surface area contributed by atoms with Crippen molar-refractivity contribution in [1.82, 2.24) is 40.0 Å². The van der Waals surface area contributed by atoms with Crippen LogP contribution in [0.3, 0.4) is 0 Å². The highest BCUT2D eigenvalue weighted by Gasteiger charge is 2.19. The van der Waals surface area contributed by atoms with Crippen molar-refractivity contribution in [3.63, 3.8) is 0 Å². The highest BCUT2D eigenvalue weighted by atomic mass is 16.1. The van der Waals surface area contributed by atoms with E-state index in [4.69, 9.17) is 0 Å². The molecule has 4 aromatic rings. The summed E-state index contributed by atoms with van der Waals surface area (Å²) in [5.41, 5.74) is 4.26. The third-order valence-corrected chi connectivity index (χ3v) is 5.88. The third kappa shape index (κ3) is 4.98. The number of carbonyl (C=O) groups is 1. The molecule has 3 aromatic heterocycles. The normalized spacial score (nSPS) is 11.4. The van der Waals surface area contributed by atoms with Crippen LogP contribution in [0.25, 0.3) is 17.2 Å². The minimum absolute atomic E-state index is 0.0114. The summed E-state index contributed by atoms with van der Waals surface area (Å²) in [7, 11) is 0. The van der Waals surface area contributed by atoms with Crippen LogP contribution in [0.4, 0.5) is 0 Å². The first-order valence-electron chi connectivity index (χ1n) is 12.0. The van der Waals surface area contributed by atoms with Crippen LogP contribution in [0.2, 0.25) is 0 Å². The average molecular weight is 461 g/mol. The zero-order chi connectivity index (χ0) is 24.1. The second kappa shape index (κ2) is 10.5. The monoisotopic (exact) mass is 460 g/mol. The number of aromatic nitrogens is 8. The van der Waals surface area contributed by atoms with Gasteiger partial charge in [-0.2, -0.15) is 0 Å². The summed E-state index contributed by atoms with van der Waals surface area (Å²) in [5.74, 6) is 2.20. The fourth-order valence-corrected chi connectivity index (χ4v) is 4.05. The quantitative estimate of drug-likeness (QED) is 0.324. The number of carbonyl (C=O) groups excluding carboxylic acids is 1. The van der Waals surface area contributed by atoms with Gasteiger partial charge in [-0.15, -0.1) is 10.2 Å². The molecule has 0 aliphatic heterocycles. The Morgan fingerprint density at radius 2 is 1.88 bits per heavy atom. The summed E-state index contributed by atoms with van der Waals surface area (Å²) in [4.78, 5) is 16.9. The fourth-order valence-electron chi connectivity index (χ4n) is 4.05. The van der Waals surface area contributed by atoms with Gasteiger partial charge in [-0.05, 0) is 58.5 Å². The smallest absolute Gasteiger partial charge is 0.217 e. The molecule has 0 spiro atoms. The largest absolute Gasteiger partial charge is 0.314 e. The molecule has 4 rings (SSSR count). The maximum Gasteiger partial charge on any atom is 0.217 e. The highest BCUT2D eigenvalue weighted by molar-refractivity contribution is 5.92. The molecule has 0 saturated heterocycles. The molecule has 0 saturated carbocycles. The van der Waals surface area contributed by atoms with Crippen molar-refractivity contribution < 1.29 is 4.79 Å². The van der Waals surface area contributed by atoms with Crippen molar-refractivity contribution >= 4 is 5.78 Å². The van der Waals surface area contributed by atoms with Gasteiger partial charge < -0.3 is 4.57 Å². The first kappa shape index (κ1) is 23.5.